The number of ether oxygens (including phenoxy) is 2. The Labute approximate surface area is 179 Å². The number of nitrogens with one attached hydrogen (secondary N) is 1. The first-order chi connectivity index (χ1) is 14.5. The summed E-state index contributed by atoms with van der Waals surface area (Å²) in [5, 5.41) is 3.26. The average Bonchev–Trinajstić information content (AvgIpc) is 2.63. The van der Waals surface area contributed by atoms with E-state index >= 15 is 0 Å². The zero-order valence-corrected chi connectivity index (χ0v) is 17.9. The van der Waals surface area contributed by atoms with Crippen LogP contribution < -0.4 is 15.0 Å². The molecule has 0 saturated carbocycles. The number of rotatable bonds is 3. The maximum Gasteiger partial charge on any atom is 0.416 e. The molecule has 0 amide bonds. The number of nitrogens with zero attached hydrogens (tertiary/aromatic N) is 1. The predicted octanol–water partition coefficient (Wildman–Crippen LogP) is 4.87. The van der Waals surface area contributed by atoms with Gasteiger partial charge in [-0.1, -0.05) is 6.07 Å². The number of carbonyl (C=O) groups is 1. The Balaban J connectivity index is 1.76. The van der Waals surface area contributed by atoms with Gasteiger partial charge in [-0.3, -0.25) is 4.79 Å². The summed E-state index contributed by atoms with van der Waals surface area (Å²) in [6, 6.07) is 7.90. The van der Waals surface area contributed by atoms with Gasteiger partial charge in [-0.05, 0) is 56.2 Å². The number of hydrogen-bond donors (Lipinski definition) is 1. The van der Waals surface area contributed by atoms with E-state index in [1.807, 2.05) is 43.9 Å². The fourth-order valence-corrected chi connectivity index (χ4v) is 4.01. The van der Waals surface area contributed by atoms with Gasteiger partial charge in [-0.15, -0.1) is 0 Å². The number of hydrogen-bond acceptors (Lipinski definition) is 5. The van der Waals surface area contributed by atoms with Gasteiger partial charge in [0.05, 0.1) is 30.8 Å². The van der Waals surface area contributed by atoms with Crippen molar-refractivity contribution in [3.8, 4) is 16.9 Å². The summed E-state index contributed by atoms with van der Waals surface area (Å²) < 4.78 is 51.5. The van der Waals surface area contributed by atoms with Crippen molar-refractivity contribution >= 4 is 17.3 Å². The molecule has 4 rings (SSSR count). The largest absolute Gasteiger partial charge is 0.484 e. The molecule has 2 aromatic carbocycles. The Morgan fingerprint density at radius 1 is 1.19 bits per heavy atom. The molecule has 2 aromatic rings. The van der Waals surface area contributed by atoms with Crippen LogP contribution in [0.1, 0.15) is 25.0 Å². The first-order valence-corrected chi connectivity index (χ1v) is 10.1. The van der Waals surface area contributed by atoms with Crippen LogP contribution in [0.2, 0.25) is 0 Å². The van der Waals surface area contributed by atoms with E-state index < -0.39 is 17.3 Å². The molecule has 0 spiro atoms. The summed E-state index contributed by atoms with van der Waals surface area (Å²) in [5.41, 5.74) is 2.06. The Morgan fingerprint density at radius 2 is 1.90 bits per heavy atom. The molecule has 0 bridgehead atoms. The molecule has 166 valence electrons. The molecule has 0 aliphatic carbocycles. The van der Waals surface area contributed by atoms with Crippen molar-refractivity contribution in [3.05, 3.63) is 41.5 Å². The molecular weight excluding hydrogens is 409 g/mol. The lowest BCUT2D eigenvalue weighted by Crippen LogP contribution is -2.50. The summed E-state index contributed by atoms with van der Waals surface area (Å²) in [7, 11) is 1.36. The molecule has 1 N–H and O–H groups in total. The van der Waals surface area contributed by atoms with Gasteiger partial charge in [0.15, 0.2) is 0 Å². The van der Waals surface area contributed by atoms with Crippen molar-refractivity contribution in [2.45, 2.75) is 32.5 Å². The van der Waals surface area contributed by atoms with E-state index in [0.717, 1.165) is 17.3 Å². The second-order valence-electron chi connectivity index (χ2n) is 8.79. The van der Waals surface area contributed by atoms with E-state index in [0.29, 0.717) is 36.4 Å². The molecule has 31 heavy (non-hydrogen) atoms. The number of anilines is 2. The van der Waals surface area contributed by atoms with Crippen molar-refractivity contribution in [2.24, 2.45) is 5.92 Å². The zero-order valence-electron chi connectivity index (χ0n) is 17.9. The molecule has 0 unspecified atom stereocenters. The summed E-state index contributed by atoms with van der Waals surface area (Å²) in [4.78, 5) is 13.7. The first-order valence-electron chi connectivity index (χ1n) is 10.1. The number of aryl methyl sites for hydroxylation is 1. The highest BCUT2D eigenvalue weighted by Crippen LogP contribution is 2.46. The molecule has 2 aliphatic rings. The molecular formula is C23H25F3N2O3. The molecule has 8 heteroatoms. The van der Waals surface area contributed by atoms with Crippen LogP contribution in [0.3, 0.4) is 0 Å². The zero-order chi connectivity index (χ0) is 22.6. The van der Waals surface area contributed by atoms with E-state index in [-0.39, 0.29) is 17.6 Å². The minimum Gasteiger partial charge on any atom is -0.484 e. The summed E-state index contributed by atoms with van der Waals surface area (Å²) in [6.07, 6.45) is -4.49. The van der Waals surface area contributed by atoms with Crippen LogP contribution >= 0.6 is 0 Å². The van der Waals surface area contributed by atoms with Gasteiger partial charge in [0.1, 0.15) is 11.4 Å². The topological polar surface area (TPSA) is 50.8 Å². The number of benzene rings is 2. The van der Waals surface area contributed by atoms with E-state index in [4.69, 9.17) is 9.47 Å². The second kappa shape index (κ2) is 7.35. The first kappa shape index (κ1) is 21.3. The third-order valence-electron chi connectivity index (χ3n) is 5.66. The quantitative estimate of drug-likeness (QED) is 0.699. The SMILES string of the molecule is COC(=O)C1CN(c2cc(C)cc(-c3cc(C(F)(F)F)cc4c3NCC(C)(C)O4)c2)C1. The number of halogens is 3. The van der Waals surface area contributed by atoms with Crippen LogP contribution in [0, 0.1) is 12.8 Å². The summed E-state index contributed by atoms with van der Waals surface area (Å²) in [6.45, 7) is 7.07. The summed E-state index contributed by atoms with van der Waals surface area (Å²) in [5.74, 6) is -0.244. The van der Waals surface area contributed by atoms with Crippen LogP contribution in [0.15, 0.2) is 30.3 Å². The van der Waals surface area contributed by atoms with Gasteiger partial charge in [0.2, 0.25) is 0 Å². The predicted molar refractivity (Wildman–Crippen MR) is 113 cm³/mol. The fraction of sp³-hybridized carbons (Fsp3) is 0.435. The van der Waals surface area contributed by atoms with Gasteiger partial charge in [0.25, 0.3) is 0 Å². The Bertz CT molecular complexity index is 1030. The monoisotopic (exact) mass is 434 g/mol. The minimum absolute atomic E-state index is 0.187. The molecule has 2 heterocycles. The van der Waals surface area contributed by atoms with Crippen LogP contribution in [0.25, 0.3) is 11.1 Å². The average molecular weight is 434 g/mol. The second-order valence-corrected chi connectivity index (χ2v) is 8.79. The van der Waals surface area contributed by atoms with E-state index in [9.17, 15) is 18.0 Å². The molecule has 5 nitrogen and oxygen atoms in total. The lowest BCUT2D eigenvalue weighted by atomic mass is 9.94. The number of fused-ring (bicyclic) bond motifs is 1. The van der Waals surface area contributed by atoms with Gasteiger partial charge in [-0.25, -0.2) is 0 Å². The fourth-order valence-electron chi connectivity index (χ4n) is 4.01. The number of methoxy groups -OCH3 is 1. The Hall–Kier alpha value is -2.90. The van der Waals surface area contributed by atoms with Gasteiger partial charge < -0.3 is 19.7 Å². The third kappa shape index (κ3) is 4.16. The number of carbonyl (C=O) groups excluding carboxylic acids is 1. The molecule has 1 fully saturated rings. The molecule has 2 aliphatic heterocycles. The summed E-state index contributed by atoms with van der Waals surface area (Å²) >= 11 is 0. The maximum absolute atomic E-state index is 13.6. The third-order valence-corrected chi connectivity index (χ3v) is 5.66. The van der Waals surface area contributed by atoms with Crippen LogP contribution in [-0.4, -0.2) is 38.3 Å². The van der Waals surface area contributed by atoms with Crippen molar-refractivity contribution in [3.63, 3.8) is 0 Å². The van der Waals surface area contributed by atoms with Gasteiger partial charge in [-0.2, -0.15) is 13.2 Å². The minimum atomic E-state index is -4.49. The lowest BCUT2D eigenvalue weighted by molar-refractivity contribution is -0.146. The Morgan fingerprint density at radius 3 is 2.55 bits per heavy atom. The highest BCUT2D eigenvalue weighted by Gasteiger charge is 2.37. The molecule has 0 atom stereocenters. The smallest absolute Gasteiger partial charge is 0.416 e. The Kier molecular flexibility index (Phi) is 5.06. The van der Waals surface area contributed by atoms with E-state index in [2.05, 4.69) is 5.32 Å². The lowest BCUT2D eigenvalue weighted by Gasteiger charge is -2.39. The van der Waals surface area contributed by atoms with E-state index in [1.54, 1.807) is 0 Å². The van der Waals surface area contributed by atoms with Gasteiger partial charge in [0, 0.05) is 24.3 Å². The van der Waals surface area contributed by atoms with Crippen molar-refractivity contribution < 1.29 is 27.4 Å². The highest BCUT2D eigenvalue weighted by atomic mass is 19.4. The number of alkyl halides is 3. The van der Waals surface area contributed by atoms with Crippen molar-refractivity contribution in [1.82, 2.24) is 0 Å². The van der Waals surface area contributed by atoms with Crippen molar-refractivity contribution in [2.75, 3.05) is 37.0 Å². The number of esters is 1. The van der Waals surface area contributed by atoms with Crippen LogP contribution in [0.5, 0.6) is 5.75 Å². The van der Waals surface area contributed by atoms with E-state index in [1.165, 1.54) is 13.2 Å². The van der Waals surface area contributed by atoms with Gasteiger partial charge >= 0.3 is 12.1 Å². The highest BCUT2D eigenvalue weighted by molar-refractivity contribution is 5.86. The maximum atomic E-state index is 13.6. The normalized spacial score (nSPS) is 17.8. The molecule has 1 saturated heterocycles. The van der Waals surface area contributed by atoms with Crippen LogP contribution in [-0.2, 0) is 15.7 Å². The molecule has 0 aromatic heterocycles. The van der Waals surface area contributed by atoms with Crippen LogP contribution in [0.4, 0.5) is 24.5 Å². The van der Waals surface area contributed by atoms with Crippen molar-refractivity contribution in [1.29, 1.82) is 0 Å². The standard InChI is InChI=1S/C23H25F3N2O3/c1-13-5-14(7-17(6-13)28-10-15(11-28)21(29)30-4)18-8-16(23(24,25)26)9-19-20(18)27-12-22(2,3)31-19/h5-9,15,27H,10-12H2,1-4H3. The molecule has 0 radical (unpaired) electrons.